The maximum Gasteiger partial charge on any atom is 0.319 e. The van der Waals surface area contributed by atoms with Crippen LogP contribution in [-0.4, -0.2) is 49.7 Å². The number of amides is 3. The summed E-state index contributed by atoms with van der Waals surface area (Å²) in [5, 5.41) is 6.40. The number of halogens is 1. The summed E-state index contributed by atoms with van der Waals surface area (Å²) in [5.41, 5.74) is 3.66. The van der Waals surface area contributed by atoms with Crippen LogP contribution >= 0.6 is 11.6 Å². The number of hydrogen-bond donors (Lipinski definition) is 2. The Hall–Kier alpha value is -2.77. The smallest absolute Gasteiger partial charge is 0.319 e. The number of anilines is 2. The van der Waals surface area contributed by atoms with E-state index in [0.29, 0.717) is 43.4 Å². The molecule has 2 aromatic carbocycles. The Bertz CT molecular complexity index is 946. The Labute approximate surface area is 187 Å². The van der Waals surface area contributed by atoms with Crippen LogP contribution < -0.4 is 15.5 Å². The number of morpholine rings is 1. The van der Waals surface area contributed by atoms with Gasteiger partial charge in [0.15, 0.2) is 0 Å². The lowest BCUT2D eigenvalue weighted by Gasteiger charge is -2.30. The molecule has 2 fully saturated rings. The minimum Gasteiger partial charge on any atom is -0.378 e. The van der Waals surface area contributed by atoms with E-state index in [-0.39, 0.29) is 11.9 Å². The van der Waals surface area contributed by atoms with E-state index in [1.165, 1.54) is 0 Å². The number of urea groups is 1. The van der Waals surface area contributed by atoms with Gasteiger partial charge in [0, 0.05) is 44.2 Å². The van der Waals surface area contributed by atoms with Crippen molar-refractivity contribution in [2.75, 3.05) is 43.1 Å². The maximum absolute atomic E-state index is 12.6. The van der Waals surface area contributed by atoms with Crippen molar-refractivity contribution in [2.24, 2.45) is 0 Å². The van der Waals surface area contributed by atoms with E-state index in [1.54, 1.807) is 6.07 Å². The number of ether oxygens (including phenoxy) is 1. The first kappa shape index (κ1) is 21.5. The van der Waals surface area contributed by atoms with E-state index in [2.05, 4.69) is 15.5 Å². The van der Waals surface area contributed by atoms with Crippen molar-refractivity contribution in [2.45, 2.75) is 25.9 Å². The summed E-state index contributed by atoms with van der Waals surface area (Å²) in [6.07, 6.45) is 1.56. The second kappa shape index (κ2) is 10.0. The molecule has 0 spiro atoms. The fourth-order valence-electron chi connectivity index (χ4n) is 3.97. The standard InChI is InChI=1S/C23H27ClN4O3/c24-19-6-7-21(27-9-11-31-12-10-27)20(14-19)26-23(30)25-15-17-3-1-4-18(13-17)16-28-8-2-5-22(28)29/h1,3-4,6-7,13-14H,2,5,8-12,15-16H2,(H2,25,26,30). The largest absolute Gasteiger partial charge is 0.378 e. The molecule has 2 saturated heterocycles. The highest BCUT2D eigenvalue weighted by Crippen LogP contribution is 2.29. The number of hydrogen-bond acceptors (Lipinski definition) is 4. The normalized spacial score (nSPS) is 16.5. The molecule has 164 valence electrons. The van der Waals surface area contributed by atoms with Crippen molar-refractivity contribution in [3.8, 4) is 0 Å². The van der Waals surface area contributed by atoms with Crippen LogP contribution in [0.3, 0.4) is 0 Å². The van der Waals surface area contributed by atoms with E-state index in [0.717, 1.165) is 42.9 Å². The maximum atomic E-state index is 12.6. The van der Waals surface area contributed by atoms with Gasteiger partial charge in [0.1, 0.15) is 0 Å². The Morgan fingerprint density at radius 2 is 1.87 bits per heavy atom. The minimum atomic E-state index is -0.295. The zero-order valence-corrected chi connectivity index (χ0v) is 18.2. The predicted molar refractivity (Wildman–Crippen MR) is 121 cm³/mol. The van der Waals surface area contributed by atoms with Gasteiger partial charge in [-0.2, -0.15) is 0 Å². The molecule has 3 amide bonds. The van der Waals surface area contributed by atoms with Gasteiger partial charge in [0.2, 0.25) is 5.91 Å². The molecule has 0 atom stereocenters. The number of rotatable bonds is 6. The van der Waals surface area contributed by atoms with Crippen molar-refractivity contribution < 1.29 is 14.3 Å². The van der Waals surface area contributed by atoms with Crippen molar-refractivity contribution in [1.82, 2.24) is 10.2 Å². The van der Waals surface area contributed by atoms with Crippen molar-refractivity contribution >= 4 is 34.9 Å². The van der Waals surface area contributed by atoms with Crippen LogP contribution in [0.2, 0.25) is 5.02 Å². The molecule has 2 aliphatic rings. The van der Waals surface area contributed by atoms with Crippen molar-refractivity contribution in [1.29, 1.82) is 0 Å². The zero-order chi connectivity index (χ0) is 21.6. The third-order valence-corrected chi connectivity index (χ3v) is 5.78. The van der Waals surface area contributed by atoms with Crippen LogP contribution in [0.25, 0.3) is 0 Å². The second-order valence-corrected chi connectivity index (χ2v) is 8.24. The van der Waals surface area contributed by atoms with Gasteiger partial charge in [-0.05, 0) is 35.7 Å². The lowest BCUT2D eigenvalue weighted by atomic mass is 10.1. The summed E-state index contributed by atoms with van der Waals surface area (Å²) in [6, 6.07) is 13.2. The molecule has 0 unspecified atom stereocenters. The molecular formula is C23H27ClN4O3. The Balaban J connectivity index is 1.36. The average molecular weight is 443 g/mol. The summed E-state index contributed by atoms with van der Waals surface area (Å²) < 4.78 is 5.42. The van der Waals surface area contributed by atoms with Gasteiger partial charge in [-0.15, -0.1) is 0 Å². The molecule has 0 aliphatic carbocycles. The number of carbonyl (C=O) groups is 2. The van der Waals surface area contributed by atoms with Crippen LogP contribution in [0.4, 0.5) is 16.2 Å². The lowest BCUT2D eigenvalue weighted by molar-refractivity contribution is -0.128. The monoisotopic (exact) mass is 442 g/mol. The van der Waals surface area contributed by atoms with E-state index in [4.69, 9.17) is 16.3 Å². The molecule has 2 aliphatic heterocycles. The fraction of sp³-hybridized carbons (Fsp3) is 0.391. The van der Waals surface area contributed by atoms with Gasteiger partial charge in [-0.25, -0.2) is 4.79 Å². The van der Waals surface area contributed by atoms with Gasteiger partial charge < -0.3 is 25.2 Å². The number of likely N-dealkylation sites (tertiary alicyclic amines) is 1. The highest BCUT2D eigenvalue weighted by atomic mass is 35.5. The second-order valence-electron chi connectivity index (χ2n) is 7.81. The van der Waals surface area contributed by atoms with E-state index >= 15 is 0 Å². The summed E-state index contributed by atoms with van der Waals surface area (Å²) in [5.74, 6) is 0.209. The highest BCUT2D eigenvalue weighted by molar-refractivity contribution is 6.31. The van der Waals surface area contributed by atoms with Crippen LogP contribution in [0, 0.1) is 0 Å². The third-order valence-electron chi connectivity index (χ3n) is 5.55. The van der Waals surface area contributed by atoms with Crippen LogP contribution in [0.1, 0.15) is 24.0 Å². The fourth-order valence-corrected chi connectivity index (χ4v) is 4.14. The Kier molecular flexibility index (Phi) is 6.94. The predicted octanol–water partition coefficient (Wildman–Crippen LogP) is 3.62. The molecule has 2 heterocycles. The first-order valence-corrected chi connectivity index (χ1v) is 11.0. The third kappa shape index (κ3) is 5.68. The molecule has 4 rings (SSSR count). The van der Waals surface area contributed by atoms with Crippen LogP contribution in [-0.2, 0) is 22.6 Å². The zero-order valence-electron chi connectivity index (χ0n) is 17.4. The van der Waals surface area contributed by atoms with Gasteiger partial charge in [0.25, 0.3) is 0 Å². The molecule has 0 bridgehead atoms. The van der Waals surface area contributed by atoms with Gasteiger partial charge >= 0.3 is 6.03 Å². The molecule has 0 aromatic heterocycles. The molecule has 31 heavy (non-hydrogen) atoms. The number of nitrogens with zero attached hydrogens (tertiary/aromatic N) is 2. The first-order valence-electron chi connectivity index (χ1n) is 10.6. The summed E-state index contributed by atoms with van der Waals surface area (Å²) in [6.45, 7) is 4.68. The van der Waals surface area contributed by atoms with Crippen LogP contribution in [0.5, 0.6) is 0 Å². The Morgan fingerprint density at radius 3 is 2.65 bits per heavy atom. The Morgan fingerprint density at radius 1 is 1.06 bits per heavy atom. The molecule has 2 N–H and O–H groups in total. The first-order chi connectivity index (χ1) is 15.1. The summed E-state index contributed by atoms with van der Waals surface area (Å²) in [4.78, 5) is 28.5. The molecule has 0 radical (unpaired) electrons. The summed E-state index contributed by atoms with van der Waals surface area (Å²) >= 11 is 6.17. The topological polar surface area (TPSA) is 73.9 Å². The van der Waals surface area contributed by atoms with Gasteiger partial charge in [0.05, 0.1) is 24.6 Å². The van der Waals surface area contributed by atoms with E-state index in [9.17, 15) is 9.59 Å². The number of benzene rings is 2. The summed E-state index contributed by atoms with van der Waals surface area (Å²) in [7, 11) is 0. The molecule has 0 saturated carbocycles. The van der Waals surface area contributed by atoms with Gasteiger partial charge in [-0.1, -0.05) is 35.9 Å². The quantitative estimate of drug-likeness (QED) is 0.716. The molecular weight excluding hydrogens is 416 g/mol. The average Bonchev–Trinajstić information content (AvgIpc) is 3.18. The number of nitrogens with one attached hydrogen (secondary N) is 2. The van der Waals surface area contributed by atoms with E-state index in [1.807, 2.05) is 41.3 Å². The molecule has 7 nitrogen and oxygen atoms in total. The molecule has 8 heteroatoms. The lowest BCUT2D eigenvalue weighted by Crippen LogP contribution is -2.37. The molecule has 2 aromatic rings. The van der Waals surface area contributed by atoms with Crippen LogP contribution in [0.15, 0.2) is 42.5 Å². The SMILES string of the molecule is O=C(NCc1cccc(CN2CCCC2=O)c1)Nc1cc(Cl)ccc1N1CCOCC1. The highest BCUT2D eigenvalue weighted by Gasteiger charge is 2.20. The minimum absolute atomic E-state index is 0.209. The van der Waals surface area contributed by atoms with E-state index < -0.39 is 0 Å². The van der Waals surface area contributed by atoms with Crippen molar-refractivity contribution in [3.05, 3.63) is 58.6 Å². The van der Waals surface area contributed by atoms with Crippen molar-refractivity contribution in [3.63, 3.8) is 0 Å². The van der Waals surface area contributed by atoms with Gasteiger partial charge in [-0.3, -0.25) is 4.79 Å². The number of carbonyl (C=O) groups excluding carboxylic acids is 2.